The van der Waals surface area contributed by atoms with Gasteiger partial charge in [0.05, 0.1) is 24.5 Å². The van der Waals surface area contributed by atoms with Crippen molar-refractivity contribution < 1.29 is 13.9 Å². The highest BCUT2D eigenvalue weighted by Crippen LogP contribution is 2.30. The maximum absolute atomic E-state index is 14.6. The molecule has 1 heterocycles. The first kappa shape index (κ1) is 25.1. The number of unbranched alkanes of at least 4 members (excludes halogenated alkanes) is 6. The van der Waals surface area contributed by atoms with Crippen LogP contribution in [0.3, 0.4) is 0 Å². The quantitative estimate of drug-likeness (QED) is 0.202. The van der Waals surface area contributed by atoms with E-state index in [0.29, 0.717) is 23.7 Å². The van der Waals surface area contributed by atoms with Crippen molar-refractivity contribution in [1.82, 2.24) is 9.97 Å². The lowest BCUT2D eigenvalue weighted by atomic mass is 10.1. The van der Waals surface area contributed by atoms with Gasteiger partial charge in [0.1, 0.15) is 5.75 Å². The highest BCUT2D eigenvalue weighted by Gasteiger charge is 2.16. The molecule has 1 atom stereocenters. The molecule has 0 amide bonds. The van der Waals surface area contributed by atoms with Crippen LogP contribution in [-0.4, -0.2) is 22.7 Å². The van der Waals surface area contributed by atoms with Crippen LogP contribution in [0.2, 0.25) is 0 Å². The molecule has 0 spiro atoms. The number of ether oxygens (including phenoxy) is 2. The number of nitrogens with zero attached hydrogens (tertiary/aromatic N) is 2. The average molecular weight is 431 g/mol. The zero-order valence-electron chi connectivity index (χ0n) is 19.5. The lowest BCUT2D eigenvalue weighted by Gasteiger charge is -2.20. The molecule has 0 radical (unpaired) electrons. The van der Waals surface area contributed by atoms with Crippen LogP contribution in [0.5, 0.6) is 11.5 Å². The second-order valence-electron chi connectivity index (χ2n) is 8.13. The molecule has 0 saturated carbocycles. The van der Waals surface area contributed by atoms with E-state index in [4.69, 9.17) is 9.47 Å². The Morgan fingerprint density at radius 3 is 2.32 bits per heavy atom. The summed E-state index contributed by atoms with van der Waals surface area (Å²) in [4.78, 5) is 8.45. The summed E-state index contributed by atoms with van der Waals surface area (Å²) in [5, 5.41) is 0. The van der Waals surface area contributed by atoms with Crippen LogP contribution in [0, 0.1) is 5.95 Å². The number of hydrogen-bond donors (Lipinski definition) is 0. The van der Waals surface area contributed by atoms with Gasteiger partial charge in [0.25, 0.3) is 5.95 Å². The van der Waals surface area contributed by atoms with Crippen LogP contribution < -0.4 is 9.47 Å². The molecule has 5 heteroatoms. The molecule has 1 unspecified atom stereocenters. The summed E-state index contributed by atoms with van der Waals surface area (Å²) in [5.74, 6) is 0.521. The molecule has 0 N–H and O–H groups in total. The first-order valence-electron chi connectivity index (χ1n) is 12.1. The fraction of sp³-hybridized carbons (Fsp3) is 0.615. The monoisotopic (exact) mass is 430 g/mol. The summed E-state index contributed by atoms with van der Waals surface area (Å²) in [7, 11) is 0. The molecule has 0 aliphatic heterocycles. The lowest BCUT2D eigenvalue weighted by Crippen LogP contribution is -2.16. The molecule has 4 nitrogen and oxygen atoms in total. The number of aromatic nitrogens is 2. The van der Waals surface area contributed by atoms with Crippen LogP contribution in [0.1, 0.15) is 91.4 Å². The first-order chi connectivity index (χ1) is 15.2. The van der Waals surface area contributed by atoms with Gasteiger partial charge < -0.3 is 9.47 Å². The van der Waals surface area contributed by atoms with Gasteiger partial charge in [-0.3, -0.25) is 0 Å². The van der Waals surface area contributed by atoms with Crippen molar-refractivity contribution in [3.8, 4) is 22.9 Å². The fourth-order valence-electron chi connectivity index (χ4n) is 3.59. The Labute approximate surface area is 187 Å². The maximum Gasteiger partial charge on any atom is 0.258 e. The fourth-order valence-corrected chi connectivity index (χ4v) is 3.59. The summed E-state index contributed by atoms with van der Waals surface area (Å²) in [6.45, 7) is 7.04. The predicted octanol–water partition coefficient (Wildman–Crippen LogP) is 7.76. The average Bonchev–Trinajstić information content (AvgIpc) is 2.78. The minimum Gasteiger partial charge on any atom is -0.490 e. The van der Waals surface area contributed by atoms with Crippen molar-refractivity contribution in [1.29, 1.82) is 0 Å². The molecule has 2 rings (SSSR count). The van der Waals surface area contributed by atoms with E-state index in [-0.39, 0.29) is 11.9 Å². The molecule has 31 heavy (non-hydrogen) atoms. The predicted molar refractivity (Wildman–Crippen MR) is 125 cm³/mol. The van der Waals surface area contributed by atoms with E-state index >= 15 is 0 Å². The summed E-state index contributed by atoms with van der Waals surface area (Å²) in [6, 6.07) is 7.61. The Morgan fingerprint density at radius 1 is 0.839 bits per heavy atom. The molecule has 0 aliphatic carbocycles. The van der Waals surface area contributed by atoms with E-state index in [1.165, 1.54) is 31.9 Å². The Kier molecular flexibility index (Phi) is 12.0. The molecule has 0 aliphatic rings. The van der Waals surface area contributed by atoms with Gasteiger partial charge in [-0.05, 0) is 31.4 Å². The lowest BCUT2D eigenvalue weighted by molar-refractivity contribution is 0.177. The molecule has 0 bridgehead atoms. The van der Waals surface area contributed by atoms with Crippen molar-refractivity contribution in [2.75, 3.05) is 6.61 Å². The number of halogens is 1. The second kappa shape index (κ2) is 14.8. The topological polar surface area (TPSA) is 44.2 Å². The molecule has 0 fully saturated rings. The molecule has 172 valence electrons. The van der Waals surface area contributed by atoms with Crippen LogP contribution in [0.25, 0.3) is 11.4 Å². The van der Waals surface area contributed by atoms with Crippen molar-refractivity contribution in [2.24, 2.45) is 0 Å². The van der Waals surface area contributed by atoms with Crippen LogP contribution >= 0.6 is 0 Å². The van der Waals surface area contributed by atoms with Crippen molar-refractivity contribution >= 4 is 0 Å². The number of benzene rings is 1. The van der Waals surface area contributed by atoms with Gasteiger partial charge >= 0.3 is 0 Å². The van der Waals surface area contributed by atoms with E-state index in [2.05, 4.69) is 30.7 Å². The highest BCUT2D eigenvalue weighted by atomic mass is 19.1. The van der Waals surface area contributed by atoms with Gasteiger partial charge in [-0.2, -0.15) is 9.37 Å². The maximum atomic E-state index is 14.6. The zero-order valence-corrected chi connectivity index (χ0v) is 19.5. The first-order valence-corrected chi connectivity index (χ1v) is 12.1. The van der Waals surface area contributed by atoms with Gasteiger partial charge in [-0.1, -0.05) is 84.3 Å². The number of rotatable bonds is 16. The van der Waals surface area contributed by atoms with Gasteiger partial charge in [-0.25, -0.2) is 4.98 Å². The van der Waals surface area contributed by atoms with Crippen LogP contribution in [0.15, 0.2) is 30.5 Å². The minimum absolute atomic E-state index is 0.113. The number of para-hydroxylation sites is 1. The van der Waals surface area contributed by atoms with E-state index in [1.807, 2.05) is 24.3 Å². The molecular weight excluding hydrogens is 391 g/mol. The molecule has 2 aromatic rings. The third-order valence-corrected chi connectivity index (χ3v) is 5.38. The normalized spacial score (nSPS) is 12.0. The Hall–Kier alpha value is -2.17. The van der Waals surface area contributed by atoms with Crippen molar-refractivity contribution in [3.05, 3.63) is 36.4 Å². The summed E-state index contributed by atoms with van der Waals surface area (Å²) >= 11 is 0. The van der Waals surface area contributed by atoms with Gasteiger partial charge in [0.2, 0.25) is 0 Å². The zero-order chi connectivity index (χ0) is 22.3. The highest BCUT2D eigenvalue weighted by molar-refractivity contribution is 5.64. The standard InChI is InChI=1S/C26H39FN2O2/c1-4-7-9-10-11-14-19-30-24-20-28-26(29-25(24)27)22-17-12-13-18-23(22)31-21(15-6-3)16-8-5-2/h12-13,17-18,20-21H,4-11,14-16,19H2,1-3H3. The molecular formula is C26H39FN2O2. The summed E-state index contributed by atoms with van der Waals surface area (Å²) in [6.07, 6.45) is 13.9. The summed E-state index contributed by atoms with van der Waals surface area (Å²) in [5.41, 5.74) is 0.710. The van der Waals surface area contributed by atoms with Crippen LogP contribution in [0.4, 0.5) is 4.39 Å². The van der Waals surface area contributed by atoms with E-state index < -0.39 is 5.95 Å². The molecule has 1 aromatic carbocycles. The summed E-state index contributed by atoms with van der Waals surface area (Å²) < 4.78 is 26.4. The van der Waals surface area contributed by atoms with E-state index in [1.54, 1.807) is 0 Å². The van der Waals surface area contributed by atoms with E-state index in [9.17, 15) is 4.39 Å². The Morgan fingerprint density at radius 2 is 1.58 bits per heavy atom. The molecule has 1 aromatic heterocycles. The minimum atomic E-state index is -0.623. The van der Waals surface area contributed by atoms with Crippen LogP contribution in [-0.2, 0) is 0 Å². The molecule has 0 saturated heterocycles. The largest absolute Gasteiger partial charge is 0.490 e. The second-order valence-corrected chi connectivity index (χ2v) is 8.13. The number of hydrogen-bond acceptors (Lipinski definition) is 4. The van der Waals surface area contributed by atoms with Gasteiger partial charge in [0.15, 0.2) is 11.6 Å². The Balaban J connectivity index is 2.00. The third-order valence-electron chi connectivity index (χ3n) is 5.38. The smallest absolute Gasteiger partial charge is 0.258 e. The third kappa shape index (κ3) is 8.84. The van der Waals surface area contributed by atoms with Crippen molar-refractivity contribution in [2.45, 2.75) is 97.5 Å². The van der Waals surface area contributed by atoms with Gasteiger partial charge in [-0.15, -0.1) is 0 Å². The van der Waals surface area contributed by atoms with Crippen molar-refractivity contribution in [3.63, 3.8) is 0 Å². The van der Waals surface area contributed by atoms with E-state index in [0.717, 1.165) is 44.9 Å². The Bertz CT molecular complexity index is 754. The SMILES string of the molecule is CCCCCCCCOc1cnc(-c2ccccc2OC(CCC)CCCC)nc1F. The van der Waals surface area contributed by atoms with Gasteiger partial charge in [0, 0.05) is 0 Å².